The molecule has 0 unspecified atom stereocenters. The van der Waals surface area contributed by atoms with Crippen LogP contribution in [0, 0.1) is 0 Å². The molecule has 1 aromatic carbocycles. The zero-order valence-corrected chi connectivity index (χ0v) is 15.4. The third-order valence-electron chi connectivity index (χ3n) is 3.07. The summed E-state index contributed by atoms with van der Waals surface area (Å²) in [5, 5.41) is 0. The molecule has 0 bridgehead atoms. The highest BCUT2D eigenvalue weighted by atomic mass is 32.5. The smallest absolute Gasteiger partial charge is 0.315 e. The second-order valence-corrected chi connectivity index (χ2v) is 10.3. The summed E-state index contributed by atoms with van der Waals surface area (Å²) in [5.41, 5.74) is -1.74. The Balaban J connectivity index is 4.06. The van der Waals surface area contributed by atoms with Gasteiger partial charge in [0.1, 0.15) is 10.6 Å². The van der Waals surface area contributed by atoms with Crippen LogP contribution in [0.5, 0.6) is 5.75 Å². The fourth-order valence-electron chi connectivity index (χ4n) is 2.27. The van der Waals surface area contributed by atoms with Gasteiger partial charge in [-0.25, -0.2) is 4.39 Å². The van der Waals surface area contributed by atoms with E-state index in [-0.39, 0.29) is 12.1 Å². The summed E-state index contributed by atoms with van der Waals surface area (Å²) in [4.78, 5) is -7.56. The minimum absolute atomic E-state index is 0.116. The largest absolute Gasteiger partial charge is 0.492 e. The van der Waals surface area contributed by atoms with Gasteiger partial charge in [-0.05, 0) is 38.3 Å². The number of hydrogen-bond acceptors (Lipinski definition) is 1. The van der Waals surface area contributed by atoms with Gasteiger partial charge in [0.25, 0.3) is 0 Å². The lowest BCUT2D eigenvalue weighted by molar-refractivity contribution is 0.297. The van der Waals surface area contributed by atoms with E-state index in [1.807, 2.05) is 0 Å². The molecular formula is C13H15F11OS2. The summed E-state index contributed by atoms with van der Waals surface area (Å²) in [6, 6.07) is 0.303. The second-order valence-electron chi connectivity index (χ2n) is 5.58. The molecule has 0 aromatic heterocycles. The SMILES string of the molecule is CCOc1ccc(CC/C=C(/C)F)c(S(F)(F)(F)(F)F)c1S(F)(F)(F)(F)F. The van der Waals surface area contributed by atoms with Gasteiger partial charge in [-0.1, -0.05) is 51.0 Å². The van der Waals surface area contributed by atoms with Crippen molar-refractivity contribution in [3.63, 3.8) is 0 Å². The lowest BCUT2D eigenvalue weighted by Crippen LogP contribution is -2.19. The zero-order valence-electron chi connectivity index (χ0n) is 13.7. The van der Waals surface area contributed by atoms with Gasteiger partial charge >= 0.3 is 20.4 Å². The Morgan fingerprint density at radius 3 is 1.74 bits per heavy atom. The van der Waals surface area contributed by atoms with Gasteiger partial charge in [-0.2, -0.15) is 0 Å². The molecule has 0 amide bonds. The monoisotopic (exact) mass is 460 g/mol. The molecule has 0 N–H and O–H groups in total. The van der Waals surface area contributed by atoms with E-state index in [2.05, 4.69) is 4.74 Å². The van der Waals surface area contributed by atoms with Crippen LogP contribution in [0.4, 0.5) is 43.2 Å². The van der Waals surface area contributed by atoms with Gasteiger partial charge in [0.15, 0.2) is 4.90 Å². The molecule has 0 aliphatic heterocycles. The number of hydrogen-bond donors (Lipinski definition) is 0. The van der Waals surface area contributed by atoms with Crippen LogP contribution < -0.4 is 4.74 Å². The molecule has 27 heavy (non-hydrogen) atoms. The van der Waals surface area contributed by atoms with Gasteiger partial charge in [-0.3, -0.25) is 0 Å². The van der Waals surface area contributed by atoms with Gasteiger partial charge < -0.3 is 4.74 Å². The van der Waals surface area contributed by atoms with Gasteiger partial charge in [0.05, 0.1) is 12.4 Å². The van der Waals surface area contributed by atoms with Crippen LogP contribution in [0.1, 0.15) is 25.8 Å². The first-order chi connectivity index (χ1) is 11.5. The quantitative estimate of drug-likeness (QED) is 0.369. The van der Waals surface area contributed by atoms with Gasteiger partial charge in [-0.15, -0.1) is 0 Å². The number of ether oxygens (including phenoxy) is 1. The fraction of sp³-hybridized carbons (Fsp3) is 0.385. The Kier molecular flexibility index (Phi) is 4.74. The Labute approximate surface area is 147 Å². The third-order valence-corrected chi connectivity index (χ3v) is 5.61. The van der Waals surface area contributed by atoms with Crippen LogP contribution in [0.3, 0.4) is 0 Å². The maximum absolute atomic E-state index is 13.4. The number of benzene rings is 1. The molecule has 0 fully saturated rings. The molecule has 162 valence electrons. The predicted octanol–water partition coefficient (Wildman–Crippen LogP) is 9.21. The zero-order chi connectivity index (χ0) is 21.7. The molecule has 1 rings (SSSR count). The van der Waals surface area contributed by atoms with Crippen molar-refractivity contribution < 1.29 is 48.0 Å². The Morgan fingerprint density at radius 1 is 0.889 bits per heavy atom. The van der Waals surface area contributed by atoms with Crippen LogP contribution in [-0.4, -0.2) is 6.61 Å². The molecular weight excluding hydrogens is 445 g/mol. The summed E-state index contributed by atoms with van der Waals surface area (Å²) in [6.07, 6.45) is -1.29. The average Bonchev–Trinajstić information content (AvgIpc) is 2.33. The number of allylic oxidation sites excluding steroid dienone is 2. The first-order valence-corrected chi connectivity index (χ1v) is 11.0. The highest BCUT2D eigenvalue weighted by Crippen LogP contribution is 3.10. The van der Waals surface area contributed by atoms with E-state index < -0.39 is 66.8 Å². The first-order valence-electron chi connectivity index (χ1n) is 7.05. The lowest BCUT2D eigenvalue weighted by Gasteiger charge is -2.49. The van der Waals surface area contributed by atoms with E-state index in [1.165, 1.54) is 0 Å². The highest BCUT2D eigenvalue weighted by molar-refractivity contribution is 8.48. The first kappa shape index (κ1) is 23.7. The molecule has 1 aromatic rings. The van der Waals surface area contributed by atoms with Crippen molar-refractivity contribution in [1.82, 2.24) is 0 Å². The average molecular weight is 460 g/mol. The molecule has 0 aliphatic carbocycles. The van der Waals surface area contributed by atoms with Gasteiger partial charge in [0.2, 0.25) is 0 Å². The lowest BCUT2D eigenvalue weighted by atomic mass is 10.1. The fourth-order valence-corrected chi connectivity index (χ4v) is 5.32. The number of aryl methyl sites for hydroxylation is 1. The van der Waals surface area contributed by atoms with Crippen molar-refractivity contribution in [3.05, 3.63) is 29.6 Å². The van der Waals surface area contributed by atoms with Crippen molar-refractivity contribution >= 4 is 20.4 Å². The Bertz CT molecular complexity index is 775. The Hall–Kier alpha value is -1.31. The summed E-state index contributed by atoms with van der Waals surface area (Å²) in [7, 11) is -22.5. The maximum Gasteiger partial charge on any atom is 0.315 e. The summed E-state index contributed by atoms with van der Waals surface area (Å²) >= 11 is 0. The van der Waals surface area contributed by atoms with Crippen molar-refractivity contribution in [2.24, 2.45) is 0 Å². The normalized spacial score (nSPS) is 18.9. The summed E-state index contributed by atoms with van der Waals surface area (Å²) in [6.45, 7) is 1.03. The minimum Gasteiger partial charge on any atom is -0.492 e. The minimum atomic E-state index is -11.3. The topological polar surface area (TPSA) is 9.23 Å². The predicted molar refractivity (Wildman–Crippen MR) is 83.6 cm³/mol. The van der Waals surface area contributed by atoms with E-state index in [1.54, 1.807) is 0 Å². The summed E-state index contributed by atoms with van der Waals surface area (Å²) in [5.74, 6) is -3.00. The van der Waals surface area contributed by atoms with Crippen LogP contribution in [0.15, 0.2) is 33.8 Å². The summed E-state index contributed by atoms with van der Waals surface area (Å²) < 4.78 is 150. The third kappa shape index (κ3) is 6.36. The molecule has 1 nitrogen and oxygen atoms in total. The molecule has 0 heterocycles. The highest BCUT2D eigenvalue weighted by Gasteiger charge is 2.77. The Morgan fingerprint density at radius 2 is 1.37 bits per heavy atom. The van der Waals surface area contributed by atoms with E-state index in [0.29, 0.717) is 6.08 Å². The van der Waals surface area contributed by atoms with E-state index in [9.17, 15) is 43.2 Å². The molecule has 0 spiro atoms. The van der Waals surface area contributed by atoms with Gasteiger partial charge in [0, 0.05) is 0 Å². The second kappa shape index (κ2) is 5.39. The maximum atomic E-state index is 13.4. The molecule has 0 aliphatic rings. The van der Waals surface area contributed by atoms with Crippen molar-refractivity contribution in [1.29, 1.82) is 0 Å². The van der Waals surface area contributed by atoms with E-state index >= 15 is 0 Å². The standard InChI is InChI=1S/C13H15F11OS2/c1-3-25-11-8-7-10(6-4-5-9(2)14)12(26(15,16,17,18)19)13(11)27(20,21,22,23)24/h5,7-8H,3-4,6H2,1-2H3/b9-5-. The number of halogens is 11. The van der Waals surface area contributed by atoms with Crippen molar-refractivity contribution in [2.45, 2.75) is 36.5 Å². The number of rotatable bonds is 7. The van der Waals surface area contributed by atoms with Crippen LogP contribution in [0.25, 0.3) is 0 Å². The van der Waals surface area contributed by atoms with Crippen molar-refractivity contribution in [2.75, 3.05) is 6.61 Å². The molecule has 0 saturated carbocycles. The van der Waals surface area contributed by atoms with Crippen molar-refractivity contribution in [3.8, 4) is 5.75 Å². The molecule has 0 radical (unpaired) electrons. The van der Waals surface area contributed by atoms with E-state index in [0.717, 1.165) is 13.8 Å². The van der Waals surface area contributed by atoms with Crippen LogP contribution in [-0.2, 0) is 6.42 Å². The molecule has 14 heteroatoms. The van der Waals surface area contributed by atoms with Crippen LogP contribution in [0.2, 0.25) is 0 Å². The van der Waals surface area contributed by atoms with E-state index in [4.69, 9.17) is 0 Å². The molecule has 0 saturated heterocycles. The molecule has 0 atom stereocenters. The van der Waals surface area contributed by atoms with Crippen LogP contribution >= 0.6 is 20.4 Å².